The summed E-state index contributed by atoms with van der Waals surface area (Å²) >= 11 is 0. The highest BCUT2D eigenvalue weighted by molar-refractivity contribution is 5.84. The van der Waals surface area contributed by atoms with Crippen LogP contribution in [0, 0.1) is 12.8 Å². The van der Waals surface area contributed by atoms with E-state index in [2.05, 4.69) is 5.32 Å². The summed E-state index contributed by atoms with van der Waals surface area (Å²) in [6.07, 6.45) is -1.13. The van der Waals surface area contributed by atoms with Gasteiger partial charge in [0.1, 0.15) is 17.1 Å². The van der Waals surface area contributed by atoms with Crippen LogP contribution in [0.25, 0.3) is 11.0 Å². The summed E-state index contributed by atoms with van der Waals surface area (Å²) in [6.45, 7) is 4.70. The molecule has 1 saturated heterocycles. The minimum absolute atomic E-state index is 0.0448. The van der Waals surface area contributed by atoms with Crippen molar-refractivity contribution in [1.29, 1.82) is 0 Å². The van der Waals surface area contributed by atoms with E-state index in [-0.39, 0.29) is 24.4 Å². The Morgan fingerprint density at radius 2 is 2.07 bits per heavy atom. The number of nitrogens with one attached hydrogen (secondary N) is 1. The number of alkyl halides is 2. The average molecular weight is 380 g/mol. The maximum absolute atomic E-state index is 12.6. The van der Waals surface area contributed by atoms with Crippen LogP contribution >= 0.6 is 0 Å². The van der Waals surface area contributed by atoms with Crippen molar-refractivity contribution in [3.63, 3.8) is 0 Å². The Morgan fingerprint density at radius 1 is 1.37 bits per heavy atom. The van der Waals surface area contributed by atoms with Gasteiger partial charge < -0.3 is 14.5 Å². The number of halogens is 2. The van der Waals surface area contributed by atoms with Gasteiger partial charge in [0.15, 0.2) is 0 Å². The Labute approximate surface area is 157 Å². The third kappa shape index (κ3) is 4.40. The van der Waals surface area contributed by atoms with Gasteiger partial charge in [-0.3, -0.25) is 9.69 Å². The van der Waals surface area contributed by atoms with Crippen molar-refractivity contribution < 1.29 is 22.7 Å². The summed E-state index contributed by atoms with van der Waals surface area (Å²) in [6, 6.07) is 5.35. The number of methoxy groups -OCH3 is 1. The smallest absolute Gasteiger partial charge is 0.251 e. The fourth-order valence-electron chi connectivity index (χ4n) is 3.73. The number of benzene rings is 1. The number of amides is 1. The van der Waals surface area contributed by atoms with E-state index in [0.717, 1.165) is 28.0 Å². The molecule has 1 aromatic carbocycles. The molecule has 0 radical (unpaired) electrons. The molecule has 0 spiro atoms. The average Bonchev–Trinajstić information content (AvgIpc) is 2.98. The topological polar surface area (TPSA) is 54.7 Å². The number of likely N-dealkylation sites (tertiary alicyclic amines) is 1. The highest BCUT2D eigenvalue weighted by Crippen LogP contribution is 2.32. The number of aryl methyl sites for hydroxylation is 1. The second kappa shape index (κ2) is 8.25. The van der Waals surface area contributed by atoms with Gasteiger partial charge in [-0.25, -0.2) is 8.78 Å². The first kappa shape index (κ1) is 19.6. The number of nitrogens with zero attached hydrogens (tertiary/aromatic N) is 1. The summed E-state index contributed by atoms with van der Waals surface area (Å²) in [7, 11) is 1.62. The summed E-state index contributed by atoms with van der Waals surface area (Å²) in [5, 5.41) is 3.98. The van der Waals surface area contributed by atoms with Crippen LogP contribution in [0.3, 0.4) is 0 Å². The molecular weight excluding hydrogens is 354 g/mol. The number of fused-ring (bicyclic) bond motifs is 1. The van der Waals surface area contributed by atoms with E-state index in [1.807, 2.05) is 32.0 Å². The van der Waals surface area contributed by atoms with Crippen molar-refractivity contribution in [2.24, 2.45) is 5.92 Å². The number of carbonyl (C=O) groups is 1. The number of hydrogen-bond acceptors (Lipinski definition) is 4. The fraction of sp³-hybridized carbons (Fsp3) is 0.550. The molecule has 7 heteroatoms. The number of ether oxygens (including phenoxy) is 1. The number of piperidine rings is 1. The molecule has 27 heavy (non-hydrogen) atoms. The summed E-state index contributed by atoms with van der Waals surface area (Å²) < 4.78 is 36.1. The second-order valence-electron chi connectivity index (χ2n) is 7.15. The first-order valence-electron chi connectivity index (χ1n) is 9.27. The molecule has 2 aromatic rings. The molecule has 3 rings (SSSR count). The summed E-state index contributed by atoms with van der Waals surface area (Å²) in [4.78, 5) is 14.3. The molecule has 1 N–H and O–H groups in total. The highest BCUT2D eigenvalue weighted by atomic mass is 19.3. The normalized spacial score (nSPS) is 17.4. The molecule has 148 valence electrons. The molecule has 5 nitrogen and oxygen atoms in total. The number of furan rings is 1. The van der Waals surface area contributed by atoms with Crippen LogP contribution < -0.4 is 10.1 Å². The molecule has 1 aliphatic heterocycles. The molecular formula is C20H26F2N2O3. The van der Waals surface area contributed by atoms with Gasteiger partial charge in [-0.15, -0.1) is 0 Å². The zero-order valence-electron chi connectivity index (χ0n) is 15.9. The van der Waals surface area contributed by atoms with E-state index >= 15 is 0 Å². The van der Waals surface area contributed by atoms with Crippen molar-refractivity contribution in [1.82, 2.24) is 10.2 Å². The minimum atomic E-state index is -2.33. The third-order valence-corrected chi connectivity index (χ3v) is 5.29. The number of hydrogen-bond donors (Lipinski definition) is 1. The summed E-state index contributed by atoms with van der Waals surface area (Å²) in [5.74, 6) is 1.29. The van der Waals surface area contributed by atoms with E-state index in [9.17, 15) is 13.6 Å². The third-order valence-electron chi connectivity index (χ3n) is 5.29. The Hall–Kier alpha value is -2.15. The minimum Gasteiger partial charge on any atom is -0.497 e. The first-order valence-corrected chi connectivity index (χ1v) is 9.27. The first-order chi connectivity index (χ1) is 12.9. The predicted molar refractivity (Wildman–Crippen MR) is 99.2 cm³/mol. The molecule has 0 saturated carbocycles. The van der Waals surface area contributed by atoms with Crippen LogP contribution in [-0.4, -0.2) is 44.0 Å². The second-order valence-corrected chi connectivity index (χ2v) is 7.15. The molecule has 1 aromatic heterocycles. The lowest BCUT2D eigenvalue weighted by Crippen LogP contribution is -2.42. The standard InChI is InChI=1S/C20H26F2N2O3/c1-12-16-10-15(26-3)4-5-17(16)27-19(12)13(2)23-20(25)14-6-8-24(9-7-14)11-18(21)22/h4-5,10,13-14,18H,6-9,11H2,1-3H3,(H,23,25). The predicted octanol–water partition coefficient (Wildman–Crippen LogP) is 3.90. The molecule has 0 aliphatic carbocycles. The maximum atomic E-state index is 12.6. The molecule has 2 heterocycles. The van der Waals surface area contributed by atoms with E-state index in [1.54, 1.807) is 12.0 Å². The van der Waals surface area contributed by atoms with Crippen LogP contribution in [0.15, 0.2) is 22.6 Å². The fourth-order valence-corrected chi connectivity index (χ4v) is 3.73. The van der Waals surface area contributed by atoms with Crippen molar-refractivity contribution in [2.75, 3.05) is 26.7 Å². The van der Waals surface area contributed by atoms with Crippen LogP contribution in [-0.2, 0) is 4.79 Å². The van der Waals surface area contributed by atoms with E-state index < -0.39 is 6.43 Å². The molecule has 1 atom stereocenters. The molecule has 0 bridgehead atoms. The van der Waals surface area contributed by atoms with Gasteiger partial charge in [-0.1, -0.05) is 0 Å². The molecule has 1 fully saturated rings. The Morgan fingerprint density at radius 3 is 2.70 bits per heavy atom. The van der Waals surface area contributed by atoms with Gasteiger partial charge in [0.2, 0.25) is 5.91 Å². The quantitative estimate of drug-likeness (QED) is 0.826. The lowest BCUT2D eigenvalue weighted by Gasteiger charge is -2.31. The monoisotopic (exact) mass is 380 g/mol. The number of carbonyl (C=O) groups excluding carboxylic acids is 1. The molecule has 1 aliphatic rings. The van der Waals surface area contributed by atoms with Crippen molar-refractivity contribution in [2.45, 2.75) is 39.2 Å². The van der Waals surface area contributed by atoms with Crippen LogP contribution in [0.5, 0.6) is 5.75 Å². The van der Waals surface area contributed by atoms with Gasteiger partial charge in [0.05, 0.1) is 19.7 Å². The van der Waals surface area contributed by atoms with Crippen molar-refractivity contribution >= 4 is 16.9 Å². The van der Waals surface area contributed by atoms with Gasteiger partial charge >= 0.3 is 0 Å². The lowest BCUT2D eigenvalue weighted by molar-refractivity contribution is -0.127. The number of rotatable bonds is 6. The van der Waals surface area contributed by atoms with Crippen LogP contribution in [0.4, 0.5) is 8.78 Å². The van der Waals surface area contributed by atoms with Crippen molar-refractivity contribution in [3.8, 4) is 5.75 Å². The molecule has 1 amide bonds. The largest absolute Gasteiger partial charge is 0.497 e. The van der Waals surface area contributed by atoms with Crippen LogP contribution in [0.2, 0.25) is 0 Å². The Balaban J connectivity index is 1.63. The van der Waals surface area contributed by atoms with E-state index in [4.69, 9.17) is 9.15 Å². The van der Waals surface area contributed by atoms with Gasteiger partial charge in [-0.05, 0) is 58.0 Å². The zero-order chi connectivity index (χ0) is 19.6. The molecule has 1 unspecified atom stereocenters. The highest BCUT2D eigenvalue weighted by Gasteiger charge is 2.28. The zero-order valence-corrected chi connectivity index (χ0v) is 15.9. The summed E-state index contributed by atoms with van der Waals surface area (Å²) in [5.41, 5.74) is 1.73. The lowest BCUT2D eigenvalue weighted by atomic mass is 9.95. The van der Waals surface area contributed by atoms with E-state index in [0.29, 0.717) is 25.9 Å². The van der Waals surface area contributed by atoms with Crippen molar-refractivity contribution in [3.05, 3.63) is 29.5 Å². The van der Waals surface area contributed by atoms with Gasteiger partial charge in [0.25, 0.3) is 6.43 Å². The van der Waals surface area contributed by atoms with Crippen LogP contribution in [0.1, 0.15) is 37.1 Å². The SMILES string of the molecule is COc1ccc2oc(C(C)NC(=O)C3CCN(CC(F)F)CC3)c(C)c2c1. The van der Waals surface area contributed by atoms with Gasteiger partial charge in [-0.2, -0.15) is 0 Å². The van der Waals surface area contributed by atoms with E-state index in [1.165, 1.54) is 0 Å². The van der Waals surface area contributed by atoms with Gasteiger partial charge in [0, 0.05) is 16.9 Å². The Bertz CT molecular complexity index is 798. The maximum Gasteiger partial charge on any atom is 0.251 e. The Kier molecular flexibility index (Phi) is 5.99.